The summed E-state index contributed by atoms with van der Waals surface area (Å²) in [5, 5.41) is 10.0. The maximum atomic E-state index is 11.3. The van der Waals surface area contributed by atoms with Crippen molar-refractivity contribution in [2.24, 2.45) is 0 Å². The molecular weight excluding hydrogens is 328 g/mol. The molecule has 10 heteroatoms. The van der Waals surface area contributed by atoms with E-state index in [1.54, 1.807) is 0 Å². The first-order valence-corrected chi connectivity index (χ1v) is 7.10. The van der Waals surface area contributed by atoms with E-state index in [0.29, 0.717) is 0 Å². The van der Waals surface area contributed by atoms with Crippen molar-refractivity contribution >= 4 is 23.9 Å². The molecule has 136 valence electrons. The van der Waals surface area contributed by atoms with Gasteiger partial charge in [-0.25, -0.2) is 0 Å². The number of ether oxygens (including phenoxy) is 5. The first-order valence-electron chi connectivity index (χ1n) is 7.10. The Labute approximate surface area is 137 Å². The minimum atomic E-state index is -1.68. The number of carbonyl (C=O) groups excluding carboxylic acids is 4. The minimum Gasteiger partial charge on any atom is -0.463 e. The fraction of sp³-hybridized carbons (Fsp3) is 0.714. The van der Waals surface area contributed by atoms with Crippen LogP contribution in [-0.2, 0) is 42.9 Å². The maximum Gasteiger partial charge on any atom is 0.303 e. The first kappa shape index (κ1) is 19.8. The Balaban J connectivity index is 3.11. The van der Waals surface area contributed by atoms with Crippen LogP contribution in [0.2, 0.25) is 0 Å². The van der Waals surface area contributed by atoms with Crippen LogP contribution in [0.15, 0.2) is 0 Å². The second-order valence-electron chi connectivity index (χ2n) is 5.09. The maximum absolute atomic E-state index is 11.3. The van der Waals surface area contributed by atoms with Gasteiger partial charge in [0.15, 0.2) is 24.6 Å². The van der Waals surface area contributed by atoms with Crippen LogP contribution in [-0.4, -0.2) is 66.3 Å². The zero-order valence-electron chi connectivity index (χ0n) is 13.7. The van der Waals surface area contributed by atoms with Crippen molar-refractivity contribution in [2.45, 2.75) is 58.4 Å². The van der Waals surface area contributed by atoms with Gasteiger partial charge < -0.3 is 28.8 Å². The summed E-state index contributed by atoms with van der Waals surface area (Å²) < 4.78 is 25.0. The van der Waals surface area contributed by atoms with Crippen LogP contribution in [0, 0.1) is 0 Å². The van der Waals surface area contributed by atoms with Crippen LogP contribution < -0.4 is 0 Å². The molecule has 0 saturated carbocycles. The molecule has 1 aliphatic rings. The third kappa shape index (κ3) is 5.78. The van der Waals surface area contributed by atoms with Crippen molar-refractivity contribution in [1.82, 2.24) is 0 Å². The Morgan fingerprint density at radius 3 is 1.71 bits per heavy atom. The van der Waals surface area contributed by atoms with Crippen molar-refractivity contribution < 1.29 is 48.0 Å². The van der Waals surface area contributed by atoms with E-state index in [1.165, 1.54) is 0 Å². The number of hydrogen-bond acceptors (Lipinski definition) is 10. The molecule has 1 saturated heterocycles. The molecule has 1 rings (SSSR count). The fourth-order valence-corrected chi connectivity index (χ4v) is 2.21. The molecule has 1 N–H and O–H groups in total. The van der Waals surface area contributed by atoms with Gasteiger partial charge in [-0.15, -0.1) is 0 Å². The lowest BCUT2D eigenvalue weighted by molar-refractivity contribution is -0.296. The Morgan fingerprint density at radius 1 is 0.792 bits per heavy atom. The van der Waals surface area contributed by atoms with Crippen LogP contribution in [0.4, 0.5) is 0 Å². The molecule has 5 atom stereocenters. The smallest absolute Gasteiger partial charge is 0.303 e. The Morgan fingerprint density at radius 2 is 1.25 bits per heavy atom. The van der Waals surface area contributed by atoms with E-state index in [2.05, 4.69) is 0 Å². The Kier molecular flexibility index (Phi) is 7.11. The molecule has 0 radical (unpaired) electrons. The Bertz CT molecular complexity index is 502. The van der Waals surface area contributed by atoms with Crippen molar-refractivity contribution in [3.05, 3.63) is 0 Å². The van der Waals surface area contributed by atoms with E-state index < -0.39 is 54.6 Å². The van der Waals surface area contributed by atoms with Gasteiger partial charge in [-0.3, -0.25) is 19.2 Å². The highest BCUT2D eigenvalue weighted by molar-refractivity contribution is 5.68. The molecule has 0 aromatic carbocycles. The molecule has 2 unspecified atom stereocenters. The number of aliphatic hydroxyl groups excluding tert-OH is 1. The SMILES string of the molecule is CC(=O)OCC1O[C@@H](O)[C@@H](OC(C)=O)C(OC(C)=O)[C@@H]1OC(C)=O. The van der Waals surface area contributed by atoms with Crippen molar-refractivity contribution in [1.29, 1.82) is 0 Å². The van der Waals surface area contributed by atoms with Gasteiger partial charge >= 0.3 is 23.9 Å². The van der Waals surface area contributed by atoms with Gasteiger partial charge in [-0.2, -0.15) is 0 Å². The molecule has 0 spiro atoms. The summed E-state index contributed by atoms with van der Waals surface area (Å²) in [6.45, 7) is 4.09. The van der Waals surface area contributed by atoms with E-state index in [1.807, 2.05) is 0 Å². The van der Waals surface area contributed by atoms with Crippen molar-refractivity contribution in [3.8, 4) is 0 Å². The standard InChI is InChI=1S/C14H20O10/c1-6(15)20-5-10-11(21-7(2)16)12(22-8(3)17)13(14(19)24-10)23-9(4)18/h10-14,19H,5H2,1-4H3/t10?,11-,12?,13+,14-/m1/s1. The predicted octanol–water partition coefficient (Wildman–Crippen LogP) is -0.938. The highest BCUT2D eigenvalue weighted by atomic mass is 16.7. The molecule has 0 aromatic heterocycles. The summed E-state index contributed by atoms with van der Waals surface area (Å²) in [5.74, 6) is -2.87. The molecule has 1 fully saturated rings. The zero-order valence-corrected chi connectivity index (χ0v) is 13.7. The first-order chi connectivity index (χ1) is 11.1. The molecule has 24 heavy (non-hydrogen) atoms. The van der Waals surface area contributed by atoms with Gasteiger partial charge in [0, 0.05) is 27.7 Å². The molecular formula is C14H20O10. The third-order valence-electron chi connectivity index (χ3n) is 2.97. The topological polar surface area (TPSA) is 135 Å². The highest BCUT2D eigenvalue weighted by Crippen LogP contribution is 2.28. The van der Waals surface area contributed by atoms with E-state index in [4.69, 9.17) is 23.7 Å². The molecule has 0 bridgehead atoms. The van der Waals surface area contributed by atoms with Gasteiger partial charge in [0.25, 0.3) is 0 Å². The van der Waals surface area contributed by atoms with Gasteiger partial charge in [0.05, 0.1) is 0 Å². The number of rotatable bonds is 5. The average Bonchev–Trinajstić information content (AvgIpc) is 2.42. The lowest BCUT2D eigenvalue weighted by atomic mass is 9.98. The summed E-state index contributed by atoms with van der Waals surface area (Å²) in [7, 11) is 0. The third-order valence-corrected chi connectivity index (χ3v) is 2.97. The van der Waals surface area contributed by atoms with E-state index in [-0.39, 0.29) is 6.61 Å². The van der Waals surface area contributed by atoms with E-state index in [9.17, 15) is 24.3 Å². The van der Waals surface area contributed by atoms with Crippen molar-refractivity contribution in [2.75, 3.05) is 6.61 Å². The summed E-state index contributed by atoms with van der Waals surface area (Å²) in [4.78, 5) is 44.9. The quantitative estimate of drug-likeness (QED) is 0.490. The molecule has 10 nitrogen and oxygen atoms in total. The highest BCUT2D eigenvalue weighted by Gasteiger charge is 2.51. The lowest BCUT2D eigenvalue weighted by Crippen LogP contribution is -2.62. The normalized spacial score (nSPS) is 29.3. The molecule has 0 aromatic rings. The summed E-state index contributed by atoms with van der Waals surface area (Å²) in [6, 6.07) is 0. The second kappa shape index (κ2) is 8.60. The van der Waals surface area contributed by atoms with Crippen LogP contribution in [0.5, 0.6) is 0 Å². The van der Waals surface area contributed by atoms with Gasteiger partial charge in [0.1, 0.15) is 12.7 Å². The van der Waals surface area contributed by atoms with E-state index >= 15 is 0 Å². The predicted molar refractivity (Wildman–Crippen MR) is 74.2 cm³/mol. The number of hydrogen-bond donors (Lipinski definition) is 1. The summed E-state index contributed by atoms with van der Waals surface area (Å²) in [5.41, 5.74) is 0. The number of carbonyl (C=O) groups is 4. The van der Waals surface area contributed by atoms with E-state index in [0.717, 1.165) is 27.7 Å². The van der Waals surface area contributed by atoms with Crippen LogP contribution >= 0.6 is 0 Å². The van der Waals surface area contributed by atoms with Gasteiger partial charge in [-0.05, 0) is 0 Å². The second-order valence-corrected chi connectivity index (χ2v) is 5.09. The lowest BCUT2D eigenvalue weighted by Gasteiger charge is -2.42. The van der Waals surface area contributed by atoms with Gasteiger partial charge in [-0.1, -0.05) is 0 Å². The van der Waals surface area contributed by atoms with Crippen LogP contribution in [0.25, 0.3) is 0 Å². The largest absolute Gasteiger partial charge is 0.463 e. The summed E-state index contributed by atoms with van der Waals surface area (Å²) >= 11 is 0. The average molecular weight is 348 g/mol. The number of esters is 4. The molecule has 1 aliphatic heterocycles. The molecule has 1 heterocycles. The van der Waals surface area contributed by atoms with Crippen molar-refractivity contribution in [3.63, 3.8) is 0 Å². The monoisotopic (exact) mass is 348 g/mol. The summed E-state index contributed by atoms with van der Waals surface area (Å²) in [6.07, 6.45) is -6.79. The molecule has 0 amide bonds. The number of aliphatic hydroxyl groups is 1. The zero-order chi connectivity index (χ0) is 18.4. The fourth-order valence-electron chi connectivity index (χ4n) is 2.21. The molecule has 0 aliphatic carbocycles. The van der Waals surface area contributed by atoms with Crippen LogP contribution in [0.3, 0.4) is 0 Å². The Hall–Kier alpha value is -2.20. The minimum absolute atomic E-state index is 0.366. The van der Waals surface area contributed by atoms with Gasteiger partial charge in [0.2, 0.25) is 0 Å². The van der Waals surface area contributed by atoms with Crippen LogP contribution in [0.1, 0.15) is 27.7 Å².